The summed E-state index contributed by atoms with van der Waals surface area (Å²) in [5.74, 6) is -1.22. The second kappa shape index (κ2) is 4.94. The number of hydrogen-bond acceptors (Lipinski definition) is 3. The molecule has 0 saturated heterocycles. The van der Waals surface area contributed by atoms with Crippen LogP contribution >= 0.6 is 11.3 Å². The molecular weight excluding hydrogens is 256 g/mol. The highest BCUT2D eigenvalue weighted by atomic mass is 32.1. The molecule has 0 spiro atoms. The Morgan fingerprint density at radius 1 is 1.39 bits per heavy atom. The van der Waals surface area contributed by atoms with E-state index in [0.29, 0.717) is 17.1 Å². The van der Waals surface area contributed by atoms with Crippen LogP contribution in [0.15, 0.2) is 18.2 Å². The van der Waals surface area contributed by atoms with Crippen LogP contribution in [0.3, 0.4) is 0 Å². The molecule has 0 fully saturated rings. The lowest BCUT2D eigenvalue weighted by molar-refractivity contribution is -0.116. The van der Waals surface area contributed by atoms with Gasteiger partial charge in [0.1, 0.15) is 22.4 Å². The third kappa shape index (κ3) is 2.61. The minimum atomic E-state index is -0.641. The molecule has 5 heteroatoms. The molecule has 0 unspecified atom stereocenters. The van der Waals surface area contributed by atoms with Gasteiger partial charge >= 0.3 is 0 Å². The van der Waals surface area contributed by atoms with Gasteiger partial charge in [-0.3, -0.25) is 4.79 Å². The van der Waals surface area contributed by atoms with Crippen LogP contribution in [-0.2, 0) is 11.2 Å². The Morgan fingerprint density at radius 2 is 2.11 bits per heavy atom. The van der Waals surface area contributed by atoms with E-state index >= 15 is 0 Å². The van der Waals surface area contributed by atoms with Gasteiger partial charge in [0.25, 0.3) is 0 Å². The lowest BCUT2D eigenvalue weighted by Gasteiger charge is -1.98. The highest BCUT2D eigenvalue weighted by Crippen LogP contribution is 2.30. The molecule has 0 amide bonds. The fraction of sp³-hybridized carbons (Fsp3) is 0.231. The molecule has 0 radical (unpaired) electrons. The smallest absolute Gasteiger partial charge is 0.136 e. The number of carbonyl (C=O) groups excluding carboxylic acids is 1. The van der Waals surface area contributed by atoms with Gasteiger partial charge in [-0.25, -0.2) is 13.8 Å². The number of thiazole rings is 1. The van der Waals surface area contributed by atoms with E-state index in [1.165, 1.54) is 30.4 Å². The zero-order valence-electron chi connectivity index (χ0n) is 9.96. The third-order valence-corrected chi connectivity index (χ3v) is 3.65. The first-order valence-corrected chi connectivity index (χ1v) is 6.20. The Morgan fingerprint density at radius 3 is 2.72 bits per heavy atom. The monoisotopic (exact) mass is 267 g/mol. The summed E-state index contributed by atoms with van der Waals surface area (Å²) in [4.78, 5) is 16.1. The van der Waals surface area contributed by atoms with E-state index in [0.717, 1.165) is 10.9 Å². The number of aromatic nitrogens is 1. The van der Waals surface area contributed by atoms with Crippen LogP contribution in [0.4, 0.5) is 8.78 Å². The maximum atomic E-state index is 13.6. The van der Waals surface area contributed by atoms with Gasteiger partial charge in [-0.05, 0) is 26.0 Å². The van der Waals surface area contributed by atoms with Crippen LogP contribution in [0.2, 0.25) is 0 Å². The maximum absolute atomic E-state index is 13.6. The van der Waals surface area contributed by atoms with E-state index < -0.39 is 11.6 Å². The van der Waals surface area contributed by atoms with Crippen molar-refractivity contribution < 1.29 is 13.6 Å². The summed E-state index contributed by atoms with van der Waals surface area (Å²) >= 11 is 1.27. The number of Topliss-reactive ketones (excluding diaryl/α,β-unsaturated/α-hetero) is 1. The zero-order chi connectivity index (χ0) is 13.3. The van der Waals surface area contributed by atoms with Crippen molar-refractivity contribution in [2.75, 3.05) is 0 Å². The van der Waals surface area contributed by atoms with Gasteiger partial charge in [-0.15, -0.1) is 11.3 Å². The fourth-order valence-corrected chi connectivity index (χ4v) is 2.76. The van der Waals surface area contributed by atoms with Gasteiger partial charge < -0.3 is 0 Å². The van der Waals surface area contributed by atoms with E-state index in [1.807, 2.05) is 0 Å². The van der Waals surface area contributed by atoms with E-state index in [-0.39, 0.29) is 11.3 Å². The summed E-state index contributed by atoms with van der Waals surface area (Å²) in [5, 5.41) is 0.473. The first-order chi connectivity index (χ1) is 8.47. The second-order valence-corrected chi connectivity index (χ2v) is 5.11. The van der Waals surface area contributed by atoms with Crippen molar-refractivity contribution >= 4 is 17.1 Å². The van der Waals surface area contributed by atoms with Crippen LogP contribution in [0.25, 0.3) is 10.6 Å². The van der Waals surface area contributed by atoms with E-state index in [2.05, 4.69) is 4.98 Å². The van der Waals surface area contributed by atoms with Gasteiger partial charge in [0.15, 0.2) is 0 Å². The van der Waals surface area contributed by atoms with Crippen molar-refractivity contribution in [3.63, 3.8) is 0 Å². The Hall–Kier alpha value is -1.62. The fourth-order valence-electron chi connectivity index (χ4n) is 1.60. The van der Waals surface area contributed by atoms with Crippen LogP contribution < -0.4 is 0 Å². The summed E-state index contributed by atoms with van der Waals surface area (Å²) in [6, 6.07) is 3.39. The summed E-state index contributed by atoms with van der Waals surface area (Å²) in [6.45, 7) is 3.27. The van der Waals surface area contributed by atoms with Gasteiger partial charge in [-0.2, -0.15) is 0 Å². The van der Waals surface area contributed by atoms with Gasteiger partial charge in [0.2, 0.25) is 0 Å². The molecule has 0 saturated carbocycles. The minimum Gasteiger partial charge on any atom is -0.300 e. The number of ketones is 1. The van der Waals surface area contributed by atoms with Crippen LogP contribution in [0.1, 0.15) is 17.5 Å². The number of benzene rings is 1. The molecule has 2 rings (SSSR count). The molecule has 0 aliphatic carbocycles. The van der Waals surface area contributed by atoms with Gasteiger partial charge in [-0.1, -0.05) is 0 Å². The number of aryl methyl sites for hydroxylation is 1. The van der Waals surface area contributed by atoms with Crippen molar-refractivity contribution in [1.29, 1.82) is 0 Å². The van der Waals surface area contributed by atoms with Crippen molar-refractivity contribution in [3.8, 4) is 10.6 Å². The molecule has 94 valence electrons. The molecule has 1 heterocycles. The Bertz CT molecular complexity index is 607. The lowest BCUT2D eigenvalue weighted by atomic mass is 10.2. The molecule has 1 aromatic heterocycles. The van der Waals surface area contributed by atoms with E-state index in [1.54, 1.807) is 6.92 Å². The summed E-state index contributed by atoms with van der Waals surface area (Å²) in [6.07, 6.45) is 0.298. The van der Waals surface area contributed by atoms with Crippen LogP contribution in [-0.4, -0.2) is 10.8 Å². The number of hydrogen-bond donors (Lipinski definition) is 0. The number of rotatable bonds is 3. The van der Waals surface area contributed by atoms with Gasteiger partial charge in [0.05, 0.1) is 5.69 Å². The molecule has 1 aromatic carbocycles. The first-order valence-electron chi connectivity index (χ1n) is 5.38. The van der Waals surface area contributed by atoms with Gasteiger partial charge in [0, 0.05) is 22.9 Å². The molecule has 0 aliphatic rings. The zero-order valence-corrected chi connectivity index (χ0v) is 10.8. The highest BCUT2D eigenvalue weighted by Gasteiger charge is 2.14. The second-order valence-electron chi connectivity index (χ2n) is 4.03. The standard InChI is InChI=1S/C13H11F2NOS/c1-7(17)5-12-8(2)16-13(18-12)10-4-3-9(14)6-11(10)15/h3-4,6H,5H2,1-2H3. The van der Waals surface area contributed by atoms with Crippen LogP contribution in [0, 0.1) is 18.6 Å². The highest BCUT2D eigenvalue weighted by molar-refractivity contribution is 7.15. The topological polar surface area (TPSA) is 30.0 Å². The average Bonchev–Trinajstić information content (AvgIpc) is 2.59. The third-order valence-electron chi connectivity index (χ3n) is 2.46. The number of carbonyl (C=O) groups is 1. The van der Waals surface area contributed by atoms with Crippen molar-refractivity contribution in [3.05, 3.63) is 40.4 Å². The van der Waals surface area contributed by atoms with E-state index in [9.17, 15) is 13.6 Å². The largest absolute Gasteiger partial charge is 0.300 e. The molecule has 18 heavy (non-hydrogen) atoms. The Balaban J connectivity index is 2.42. The quantitative estimate of drug-likeness (QED) is 0.851. The molecule has 0 atom stereocenters. The Kier molecular flexibility index (Phi) is 3.52. The average molecular weight is 267 g/mol. The number of nitrogens with zero attached hydrogens (tertiary/aromatic N) is 1. The Labute approximate surface area is 107 Å². The maximum Gasteiger partial charge on any atom is 0.136 e. The molecule has 2 nitrogen and oxygen atoms in total. The summed E-state index contributed by atoms with van der Waals surface area (Å²) in [7, 11) is 0. The van der Waals surface area contributed by atoms with Crippen molar-refractivity contribution in [1.82, 2.24) is 4.98 Å². The summed E-state index contributed by atoms with van der Waals surface area (Å²) < 4.78 is 26.4. The molecule has 0 N–H and O–H groups in total. The normalized spacial score (nSPS) is 10.7. The van der Waals surface area contributed by atoms with Crippen molar-refractivity contribution in [2.24, 2.45) is 0 Å². The lowest BCUT2D eigenvalue weighted by Crippen LogP contribution is -1.95. The molecular formula is C13H11F2NOS. The first kappa shape index (κ1) is 12.8. The van der Waals surface area contributed by atoms with Crippen molar-refractivity contribution in [2.45, 2.75) is 20.3 Å². The molecule has 0 bridgehead atoms. The minimum absolute atomic E-state index is 0.0351. The van der Waals surface area contributed by atoms with Crippen LogP contribution in [0.5, 0.6) is 0 Å². The number of halogens is 2. The summed E-state index contributed by atoms with van der Waals surface area (Å²) in [5.41, 5.74) is 0.980. The SMILES string of the molecule is CC(=O)Cc1sc(-c2ccc(F)cc2F)nc1C. The van der Waals surface area contributed by atoms with E-state index in [4.69, 9.17) is 0 Å². The predicted molar refractivity (Wildman–Crippen MR) is 66.6 cm³/mol. The predicted octanol–water partition coefficient (Wildman–Crippen LogP) is 3.53. The molecule has 2 aromatic rings. The molecule has 0 aliphatic heterocycles.